The van der Waals surface area contributed by atoms with Crippen LogP contribution in [0.15, 0.2) is 12.3 Å². The van der Waals surface area contributed by atoms with E-state index >= 15 is 0 Å². The van der Waals surface area contributed by atoms with Crippen LogP contribution in [0.2, 0.25) is 0 Å². The first-order valence-electron chi connectivity index (χ1n) is 1.63. The number of rotatable bonds is 0. The molecule has 0 radical (unpaired) electrons. The van der Waals surface area contributed by atoms with E-state index < -0.39 is 0 Å². The Morgan fingerprint density at radius 2 is 2.33 bits per heavy atom. The quantitative estimate of drug-likeness (QED) is 0.382. The van der Waals surface area contributed by atoms with Crippen molar-refractivity contribution in [3.63, 3.8) is 0 Å². The summed E-state index contributed by atoms with van der Waals surface area (Å²) in [5.41, 5.74) is 5.65. The first-order chi connectivity index (χ1) is 2.50. The van der Waals surface area contributed by atoms with Crippen LogP contribution in [-0.4, -0.2) is 6.54 Å². The fourth-order valence-corrected chi connectivity index (χ4v) is 0.295. The van der Waals surface area contributed by atoms with E-state index in [2.05, 4.69) is 10.9 Å². The molecule has 0 bridgehead atoms. The summed E-state index contributed by atoms with van der Waals surface area (Å²) >= 11 is 0. The van der Waals surface area contributed by atoms with Crippen molar-refractivity contribution in [1.29, 1.82) is 0 Å². The number of hydrogen-bond acceptors (Lipinski definition) is 3. The Labute approximate surface area is 37.0 Å². The van der Waals surface area contributed by atoms with Gasteiger partial charge in [0.1, 0.15) is 0 Å². The normalized spacial score (nSPS) is 16.0. The smallest absolute Gasteiger partial charge is 0.0345 e. The topological polar surface area (TPSA) is 59.1 Å². The zero-order valence-electron chi connectivity index (χ0n) is 3.57. The summed E-state index contributed by atoms with van der Waals surface area (Å²) in [6.07, 6.45) is 3.89. The molecular weight excluding hydrogens is 78.1 g/mol. The molecule has 3 nitrogen and oxygen atoms in total. The van der Waals surface area contributed by atoms with Gasteiger partial charge in [-0.25, -0.2) is 5.43 Å². The van der Waals surface area contributed by atoms with Crippen LogP contribution in [0.4, 0.5) is 0 Å². The van der Waals surface area contributed by atoms with E-state index in [9.17, 15) is 0 Å². The molecule has 5 N–H and O–H groups in total. The van der Waals surface area contributed by atoms with Gasteiger partial charge in [0.2, 0.25) is 0 Å². The summed E-state index contributed by atoms with van der Waals surface area (Å²) < 4.78 is 0. The molecule has 0 unspecified atom stereocenters. The van der Waals surface area contributed by atoms with E-state index in [1.165, 1.54) is 0 Å². The Kier molecular flexibility index (Phi) is 2.44. The standard InChI is InChI=1S/C3H6N2.H3N/c1-2-4-5-3-1;/h1-2,4-5H,3H2;1H3. The third-order valence-corrected chi connectivity index (χ3v) is 0.523. The minimum absolute atomic E-state index is 0. The third-order valence-electron chi connectivity index (χ3n) is 0.523. The highest BCUT2D eigenvalue weighted by Crippen LogP contribution is 1.67. The van der Waals surface area contributed by atoms with Gasteiger partial charge in [0, 0.05) is 12.7 Å². The van der Waals surface area contributed by atoms with Crippen LogP contribution < -0.4 is 17.0 Å². The van der Waals surface area contributed by atoms with Crippen molar-refractivity contribution < 1.29 is 0 Å². The van der Waals surface area contributed by atoms with Crippen molar-refractivity contribution in [3.8, 4) is 0 Å². The second kappa shape index (κ2) is 2.68. The van der Waals surface area contributed by atoms with Crippen LogP contribution >= 0.6 is 0 Å². The molecule has 0 aromatic carbocycles. The molecule has 1 aliphatic rings. The molecule has 36 valence electrons. The maximum Gasteiger partial charge on any atom is 0.0345 e. The number of hydrogen-bond donors (Lipinski definition) is 3. The Morgan fingerprint density at radius 3 is 2.50 bits per heavy atom. The molecule has 0 fully saturated rings. The third kappa shape index (κ3) is 1.05. The maximum absolute atomic E-state index is 2.86. The van der Waals surface area contributed by atoms with Crippen LogP contribution in [0, 0.1) is 0 Å². The van der Waals surface area contributed by atoms with Crippen molar-refractivity contribution in [1.82, 2.24) is 17.0 Å². The molecule has 0 aromatic heterocycles. The van der Waals surface area contributed by atoms with E-state index in [0.717, 1.165) is 6.54 Å². The molecule has 0 amide bonds. The van der Waals surface area contributed by atoms with E-state index in [-0.39, 0.29) is 6.15 Å². The first kappa shape index (κ1) is 5.46. The summed E-state index contributed by atoms with van der Waals surface area (Å²) in [6, 6.07) is 0. The molecule has 0 aliphatic carbocycles. The SMILES string of the molecule is C1=CNNC1.N. The van der Waals surface area contributed by atoms with E-state index in [1.54, 1.807) is 0 Å². The number of hydrazine groups is 1. The monoisotopic (exact) mass is 87.1 g/mol. The van der Waals surface area contributed by atoms with Crippen LogP contribution in [0.25, 0.3) is 0 Å². The highest BCUT2D eigenvalue weighted by Gasteiger charge is 1.78. The number of nitrogens with one attached hydrogen (secondary N) is 2. The Bertz CT molecular complexity index is 44.0. The lowest BCUT2D eigenvalue weighted by Gasteiger charge is -1.83. The zero-order valence-corrected chi connectivity index (χ0v) is 3.57. The van der Waals surface area contributed by atoms with E-state index in [0.29, 0.717) is 0 Å². The molecule has 6 heavy (non-hydrogen) atoms. The van der Waals surface area contributed by atoms with Crippen molar-refractivity contribution in [3.05, 3.63) is 12.3 Å². The van der Waals surface area contributed by atoms with Gasteiger partial charge in [-0.15, -0.1) is 0 Å². The van der Waals surface area contributed by atoms with Crippen LogP contribution in [0.5, 0.6) is 0 Å². The van der Waals surface area contributed by atoms with Gasteiger partial charge in [-0.1, -0.05) is 6.08 Å². The molecule has 1 rings (SSSR count). The largest absolute Gasteiger partial charge is 0.344 e. The zero-order chi connectivity index (χ0) is 3.54. The van der Waals surface area contributed by atoms with Crippen molar-refractivity contribution in [2.24, 2.45) is 0 Å². The second-order valence-electron chi connectivity index (χ2n) is 0.928. The average molecular weight is 87.1 g/mol. The van der Waals surface area contributed by atoms with E-state index in [1.807, 2.05) is 12.3 Å². The van der Waals surface area contributed by atoms with Crippen LogP contribution in [0.1, 0.15) is 0 Å². The summed E-state index contributed by atoms with van der Waals surface area (Å²) in [5, 5.41) is 0. The van der Waals surface area contributed by atoms with Gasteiger partial charge in [0.15, 0.2) is 0 Å². The molecule has 1 heterocycles. The highest BCUT2D eigenvalue weighted by molar-refractivity contribution is 4.85. The molecule has 0 saturated carbocycles. The highest BCUT2D eigenvalue weighted by atomic mass is 15.4. The fourth-order valence-electron chi connectivity index (χ4n) is 0.295. The molecule has 1 aliphatic heterocycles. The van der Waals surface area contributed by atoms with E-state index in [4.69, 9.17) is 0 Å². The summed E-state index contributed by atoms with van der Waals surface area (Å²) in [7, 11) is 0. The average Bonchev–Trinajstić information content (AvgIpc) is 1.76. The minimum Gasteiger partial charge on any atom is -0.344 e. The van der Waals surface area contributed by atoms with Gasteiger partial charge in [-0.3, -0.25) is 0 Å². The van der Waals surface area contributed by atoms with Gasteiger partial charge in [-0.2, -0.15) is 0 Å². The first-order valence-corrected chi connectivity index (χ1v) is 1.63. The molecule has 0 aromatic rings. The summed E-state index contributed by atoms with van der Waals surface area (Å²) in [4.78, 5) is 0. The second-order valence-corrected chi connectivity index (χ2v) is 0.928. The van der Waals surface area contributed by atoms with Crippen LogP contribution in [-0.2, 0) is 0 Å². The molecule has 0 saturated heterocycles. The van der Waals surface area contributed by atoms with Gasteiger partial charge in [0.05, 0.1) is 0 Å². The fraction of sp³-hybridized carbons (Fsp3) is 0.333. The lowest BCUT2D eigenvalue weighted by atomic mass is 10.7. The molecule has 3 heteroatoms. The lowest BCUT2D eigenvalue weighted by molar-refractivity contribution is 0.727. The molecule has 0 spiro atoms. The predicted octanol–water partition coefficient (Wildman–Crippen LogP) is -0.230. The van der Waals surface area contributed by atoms with Crippen LogP contribution in [0.3, 0.4) is 0 Å². The van der Waals surface area contributed by atoms with Crippen molar-refractivity contribution in [2.45, 2.75) is 0 Å². The van der Waals surface area contributed by atoms with Gasteiger partial charge >= 0.3 is 0 Å². The molecule has 0 atom stereocenters. The Morgan fingerprint density at radius 1 is 1.50 bits per heavy atom. The van der Waals surface area contributed by atoms with Gasteiger partial charge in [0.25, 0.3) is 0 Å². The van der Waals surface area contributed by atoms with Crippen molar-refractivity contribution >= 4 is 0 Å². The maximum atomic E-state index is 2.86. The van der Waals surface area contributed by atoms with Gasteiger partial charge < -0.3 is 11.6 Å². The predicted molar refractivity (Wildman–Crippen MR) is 25.3 cm³/mol. The Balaban J connectivity index is 0.000000250. The summed E-state index contributed by atoms with van der Waals surface area (Å²) in [6.45, 7) is 0.958. The lowest BCUT2D eigenvalue weighted by Crippen LogP contribution is -2.19. The minimum atomic E-state index is 0. The Hall–Kier alpha value is -0.540. The van der Waals surface area contributed by atoms with Gasteiger partial charge in [-0.05, 0) is 0 Å². The van der Waals surface area contributed by atoms with Crippen molar-refractivity contribution in [2.75, 3.05) is 6.54 Å². The summed E-state index contributed by atoms with van der Waals surface area (Å²) in [5.74, 6) is 0. The molecular formula is C3H9N3.